The van der Waals surface area contributed by atoms with Crippen molar-refractivity contribution in [2.45, 2.75) is 58.3 Å². The molecule has 0 aliphatic carbocycles. The van der Waals surface area contributed by atoms with Crippen LogP contribution < -0.4 is 11.2 Å². The Morgan fingerprint density at radius 3 is 2.24 bits per heavy atom. The first-order valence-corrected chi connectivity index (χ1v) is 6.55. The van der Waals surface area contributed by atoms with E-state index in [1.165, 1.54) is 44.6 Å². The Labute approximate surface area is 101 Å². The van der Waals surface area contributed by atoms with E-state index in [2.05, 4.69) is 16.9 Å². The summed E-state index contributed by atoms with van der Waals surface area (Å²) in [5, 5.41) is 0. The predicted octanol–water partition coefficient (Wildman–Crippen LogP) is 2.36. The highest BCUT2D eigenvalue weighted by Gasteiger charge is 1.97. The maximum Gasteiger partial charge on any atom is 0.325 e. The molecule has 0 spiro atoms. The van der Waals surface area contributed by atoms with Crippen molar-refractivity contribution in [3.63, 3.8) is 0 Å². The molecule has 0 saturated carbocycles. The molecule has 0 aliphatic rings. The lowest BCUT2D eigenvalue weighted by atomic mass is 10.1. The van der Waals surface area contributed by atoms with Crippen LogP contribution in [0.3, 0.4) is 0 Å². The summed E-state index contributed by atoms with van der Waals surface area (Å²) in [6, 6.07) is 1.47. The van der Waals surface area contributed by atoms with Crippen molar-refractivity contribution in [3.8, 4) is 0 Å². The van der Waals surface area contributed by atoms with Crippen LogP contribution in [0.2, 0.25) is 0 Å². The largest absolute Gasteiger partial charge is 0.325 e. The molecule has 0 aromatic carbocycles. The molecular weight excluding hydrogens is 216 g/mol. The molecule has 4 nitrogen and oxygen atoms in total. The number of rotatable bonds is 8. The van der Waals surface area contributed by atoms with Crippen molar-refractivity contribution in [2.24, 2.45) is 0 Å². The van der Waals surface area contributed by atoms with Crippen LogP contribution >= 0.6 is 0 Å². The van der Waals surface area contributed by atoms with Gasteiger partial charge in [-0.15, -0.1) is 0 Å². The first-order chi connectivity index (χ1) is 8.22. The van der Waals surface area contributed by atoms with E-state index in [0.717, 1.165) is 18.5 Å². The Morgan fingerprint density at radius 2 is 1.59 bits per heavy atom. The second kappa shape index (κ2) is 7.87. The molecule has 0 amide bonds. The number of unbranched alkanes of at least 4 members (excludes halogenated alkanes) is 6. The minimum absolute atomic E-state index is 0.313. The number of nitrogens with one attached hydrogen (secondary N) is 2. The van der Waals surface area contributed by atoms with E-state index < -0.39 is 5.69 Å². The molecule has 0 bridgehead atoms. The standard InChI is InChI=1S/C13H22N2O2/c1-2-3-4-5-6-7-8-9-11-10-12(16)15-13(17)14-11/h10H,2-9H2,1H3,(H2,14,15,16,17). The number of hydrogen-bond donors (Lipinski definition) is 2. The summed E-state index contributed by atoms with van der Waals surface area (Å²) < 4.78 is 0. The quantitative estimate of drug-likeness (QED) is 0.683. The van der Waals surface area contributed by atoms with Gasteiger partial charge in [-0.3, -0.25) is 9.78 Å². The number of hydrogen-bond acceptors (Lipinski definition) is 2. The molecule has 0 unspecified atom stereocenters. The predicted molar refractivity (Wildman–Crippen MR) is 69.4 cm³/mol. The van der Waals surface area contributed by atoms with Crippen molar-refractivity contribution < 1.29 is 0 Å². The molecule has 2 N–H and O–H groups in total. The number of aryl methyl sites for hydroxylation is 1. The lowest BCUT2D eigenvalue weighted by Crippen LogP contribution is -2.22. The number of aromatic nitrogens is 2. The maximum absolute atomic E-state index is 11.0. The van der Waals surface area contributed by atoms with Crippen molar-refractivity contribution in [3.05, 3.63) is 32.6 Å². The first kappa shape index (κ1) is 13.7. The molecule has 1 rings (SSSR count). The van der Waals surface area contributed by atoms with Gasteiger partial charge in [-0.1, -0.05) is 45.4 Å². The molecule has 0 radical (unpaired) electrons. The van der Waals surface area contributed by atoms with Gasteiger partial charge in [0.05, 0.1) is 0 Å². The molecule has 0 saturated heterocycles. The van der Waals surface area contributed by atoms with E-state index in [0.29, 0.717) is 0 Å². The molecule has 96 valence electrons. The lowest BCUT2D eigenvalue weighted by molar-refractivity contribution is 0.586. The molecule has 1 aromatic heterocycles. The van der Waals surface area contributed by atoms with Crippen LogP contribution in [0.4, 0.5) is 0 Å². The lowest BCUT2D eigenvalue weighted by Gasteiger charge is -2.01. The average molecular weight is 238 g/mol. The monoisotopic (exact) mass is 238 g/mol. The van der Waals surface area contributed by atoms with Gasteiger partial charge in [-0.05, 0) is 12.8 Å². The molecule has 0 fully saturated rings. The molecule has 1 aromatic rings. The summed E-state index contributed by atoms with van der Waals surface area (Å²) in [6.45, 7) is 2.21. The van der Waals surface area contributed by atoms with E-state index in [1.54, 1.807) is 0 Å². The summed E-state index contributed by atoms with van der Waals surface area (Å²) in [6.07, 6.45) is 9.43. The van der Waals surface area contributed by atoms with Gasteiger partial charge in [0.2, 0.25) is 0 Å². The molecule has 0 aliphatic heterocycles. The van der Waals surface area contributed by atoms with E-state index in [-0.39, 0.29) is 5.56 Å². The SMILES string of the molecule is CCCCCCCCCc1cc(=O)[nH]c(=O)[nH]1. The minimum Gasteiger partial charge on any atom is -0.311 e. The van der Waals surface area contributed by atoms with Gasteiger partial charge in [-0.25, -0.2) is 4.79 Å². The average Bonchev–Trinajstić information content (AvgIpc) is 2.26. The van der Waals surface area contributed by atoms with Gasteiger partial charge in [0.1, 0.15) is 0 Å². The summed E-state index contributed by atoms with van der Waals surface area (Å²) in [5.74, 6) is 0. The third-order valence-electron chi connectivity index (χ3n) is 2.87. The Morgan fingerprint density at radius 1 is 0.941 bits per heavy atom. The fraction of sp³-hybridized carbons (Fsp3) is 0.692. The highest BCUT2D eigenvalue weighted by molar-refractivity contribution is 4.98. The fourth-order valence-electron chi connectivity index (χ4n) is 1.93. The highest BCUT2D eigenvalue weighted by Crippen LogP contribution is 2.08. The van der Waals surface area contributed by atoms with Crippen molar-refractivity contribution >= 4 is 0 Å². The summed E-state index contributed by atoms with van der Waals surface area (Å²) >= 11 is 0. The topological polar surface area (TPSA) is 65.7 Å². The van der Waals surface area contributed by atoms with Gasteiger partial charge in [0, 0.05) is 11.8 Å². The Kier molecular flexibility index (Phi) is 6.37. The van der Waals surface area contributed by atoms with Crippen molar-refractivity contribution in [2.75, 3.05) is 0 Å². The number of aromatic amines is 2. The zero-order valence-electron chi connectivity index (χ0n) is 10.6. The normalized spacial score (nSPS) is 10.6. The summed E-state index contributed by atoms with van der Waals surface area (Å²) in [7, 11) is 0. The zero-order chi connectivity index (χ0) is 12.5. The smallest absolute Gasteiger partial charge is 0.311 e. The van der Waals surface area contributed by atoms with Crippen molar-refractivity contribution in [1.82, 2.24) is 9.97 Å². The Balaban J connectivity index is 2.18. The van der Waals surface area contributed by atoms with Gasteiger partial charge >= 0.3 is 5.69 Å². The van der Waals surface area contributed by atoms with Crippen LogP contribution in [0, 0.1) is 0 Å². The third kappa shape index (κ3) is 6.09. The van der Waals surface area contributed by atoms with Crippen LogP contribution in [0.5, 0.6) is 0 Å². The van der Waals surface area contributed by atoms with E-state index in [9.17, 15) is 9.59 Å². The van der Waals surface area contributed by atoms with Crippen molar-refractivity contribution in [1.29, 1.82) is 0 Å². The van der Waals surface area contributed by atoms with Crippen LogP contribution in [0.25, 0.3) is 0 Å². The highest BCUT2D eigenvalue weighted by atomic mass is 16.2. The Bertz CT molecular complexity index is 392. The van der Waals surface area contributed by atoms with Crippen LogP contribution in [0.1, 0.15) is 57.6 Å². The summed E-state index contributed by atoms with van der Waals surface area (Å²) in [4.78, 5) is 26.9. The Hall–Kier alpha value is -1.32. The van der Waals surface area contributed by atoms with E-state index >= 15 is 0 Å². The minimum atomic E-state index is -0.407. The second-order valence-corrected chi connectivity index (χ2v) is 4.48. The molecule has 0 atom stereocenters. The maximum atomic E-state index is 11.0. The zero-order valence-corrected chi connectivity index (χ0v) is 10.6. The first-order valence-electron chi connectivity index (χ1n) is 6.55. The van der Waals surface area contributed by atoms with Gasteiger partial charge in [0.25, 0.3) is 5.56 Å². The summed E-state index contributed by atoms with van der Waals surface area (Å²) in [5.41, 5.74) is 0.0226. The van der Waals surface area contributed by atoms with Crippen LogP contribution in [-0.4, -0.2) is 9.97 Å². The van der Waals surface area contributed by atoms with E-state index in [1.807, 2.05) is 0 Å². The van der Waals surface area contributed by atoms with E-state index in [4.69, 9.17) is 0 Å². The molecule has 17 heavy (non-hydrogen) atoms. The van der Waals surface area contributed by atoms with Gasteiger partial charge in [0.15, 0.2) is 0 Å². The molecule has 1 heterocycles. The number of H-pyrrole nitrogens is 2. The van der Waals surface area contributed by atoms with Gasteiger partial charge < -0.3 is 4.98 Å². The second-order valence-electron chi connectivity index (χ2n) is 4.48. The fourth-order valence-corrected chi connectivity index (χ4v) is 1.93. The van der Waals surface area contributed by atoms with Crippen LogP contribution in [-0.2, 0) is 6.42 Å². The third-order valence-corrected chi connectivity index (χ3v) is 2.87. The molecular formula is C13H22N2O2. The van der Waals surface area contributed by atoms with Gasteiger partial charge in [-0.2, -0.15) is 0 Å². The molecule has 4 heteroatoms. The van der Waals surface area contributed by atoms with Crippen LogP contribution in [0.15, 0.2) is 15.7 Å².